The highest BCUT2D eigenvalue weighted by Crippen LogP contribution is 2.20. The predicted octanol–water partition coefficient (Wildman–Crippen LogP) is 2.99. The second-order valence-electron chi connectivity index (χ2n) is 5.00. The van der Waals surface area contributed by atoms with Gasteiger partial charge >= 0.3 is 0 Å². The minimum absolute atomic E-state index is 0.0710. The summed E-state index contributed by atoms with van der Waals surface area (Å²) < 4.78 is 0. The Morgan fingerprint density at radius 2 is 1.90 bits per heavy atom. The van der Waals surface area contributed by atoms with Crippen molar-refractivity contribution in [3.05, 3.63) is 83.4 Å². The number of hydrogen-bond acceptors (Lipinski definition) is 3. The van der Waals surface area contributed by atoms with Gasteiger partial charge in [-0.1, -0.05) is 36.4 Å². The van der Waals surface area contributed by atoms with Crippen LogP contribution in [0.4, 0.5) is 0 Å². The van der Waals surface area contributed by atoms with E-state index >= 15 is 0 Å². The van der Waals surface area contributed by atoms with Crippen LogP contribution < -0.4 is 5.32 Å². The zero-order valence-electron chi connectivity index (χ0n) is 12.0. The van der Waals surface area contributed by atoms with Crippen LogP contribution in [0, 0.1) is 6.92 Å². The summed E-state index contributed by atoms with van der Waals surface area (Å²) in [5, 5.41) is 10.6. The van der Waals surface area contributed by atoms with Crippen LogP contribution in [0.5, 0.6) is 0 Å². The first-order valence-electron chi connectivity index (χ1n) is 7.02. The maximum atomic E-state index is 4.49. The van der Waals surface area contributed by atoms with Gasteiger partial charge in [0.05, 0.1) is 17.9 Å². The zero-order chi connectivity index (χ0) is 14.5. The minimum atomic E-state index is 0.0710. The number of aryl methyl sites for hydroxylation is 1. The van der Waals surface area contributed by atoms with Gasteiger partial charge < -0.3 is 5.32 Å². The number of nitrogens with one attached hydrogen (secondary N) is 2. The molecule has 4 heteroatoms. The van der Waals surface area contributed by atoms with Crippen molar-refractivity contribution in [2.75, 3.05) is 0 Å². The van der Waals surface area contributed by atoms with Crippen LogP contribution in [0.1, 0.15) is 28.6 Å². The van der Waals surface area contributed by atoms with Crippen LogP contribution in [0.25, 0.3) is 0 Å². The molecule has 0 saturated heterocycles. The third-order valence-corrected chi connectivity index (χ3v) is 3.55. The molecule has 0 bridgehead atoms. The molecule has 0 aliphatic heterocycles. The molecule has 0 aliphatic rings. The molecule has 2 aromatic heterocycles. The van der Waals surface area contributed by atoms with Crippen molar-refractivity contribution in [3.8, 4) is 0 Å². The van der Waals surface area contributed by atoms with Crippen LogP contribution in [-0.4, -0.2) is 15.2 Å². The summed E-state index contributed by atoms with van der Waals surface area (Å²) in [5.74, 6) is 0. The highest BCUT2D eigenvalue weighted by Gasteiger charge is 2.15. The monoisotopic (exact) mass is 278 g/mol. The zero-order valence-corrected chi connectivity index (χ0v) is 12.0. The van der Waals surface area contributed by atoms with Crippen molar-refractivity contribution < 1.29 is 0 Å². The van der Waals surface area contributed by atoms with Crippen molar-refractivity contribution in [2.45, 2.75) is 19.5 Å². The van der Waals surface area contributed by atoms with Gasteiger partial charge in [0.15, 0.2) is 0 Å². The SMILES string of the molecule is Cc1[nH]ncc1CN[C@H](c1ccccc1)c1ccccn1. The summed E-state index contributed by atoms with van der Waals surface area (Å²) in [5.41, 5.74) is 4.49. The standard InChI is InChI=1S/C17H18N4/c1-13-15(12-20-21-13)11-19-17(14-7-3-2-4-8-14)16-9-5-6-10-18-16/h2-10,12,17,19H,11H2,1H3,(H,20,21)/t17-/m1/s1. The van der Waals surface area contributed by atoms with E-state index in [0.29, 0.717) is 0 Å². The quantitative estimate of drug-likeness (QED) is 0.754. The molecule has 0 spiro atoms. The second-order valence-corrected chi connectivity index (χ2v) is 5.00. The molecule has 4 nitrogen and oxygen atoms in total. The van der Waals surface area contributed by atoms with Crippen LogP contribution in [0.2, 0.25) is 0 Å². The molecule has 0 amide bonds. The largest absolute Gasteiger partial charge is 0.301 e. The fourth-order valence-electron chi connectivity index (χ4n) is 2.35. The molecule has 0 radical (unpaired) electrons. The number of hydrogen-bond donors (Lipinski definition) is 2. The lowest BCUT2D eigenvalue weighted by atomic mass is 10.0. The number of rotatable bonds is 5. The first-order chi connectivity index (χ1) is 10.3. The van der Waals surface area contributed by atoms with Gasteiger partial charge in [-0.05, 0) is 24.6 Å². The molecule has 2 heterocycles. The Hall–Kier alpha value is -2.46. The molecule has 1 atom stereocenters. The Balaban J connectivity index is 1.85. The first-order valence-corrected chi connectivity index (χ1v) is 7.02. The Kier molecular flexibility index (Phi) is 4.07. The fraction of sp³-hybridized carbons (Fsp3) is 0.176. The average molecular weight is 278 g/mol. The van der Waals surface area contributed by atoms with Crippen LogP contribution in [-0.2, 0) is 6.54 Å². The van der Waals surface area contributed by atoms with E-state index in [9.17, 15) is 0 Å². The summed E-state index contributed by atoms with van der Waals surface area (Å²) in [4.78, 5) is 4.49. The Bertz CT molecular complexity index is 637. The van der Waals surface area contributed by atoms with E-state index in [1.807, 2.05) is 43.6 Å². The van der Waals surface area contributed by atoms with Gasteiger partial charge in [-0.15, -0.1) is 0 Å². The Labute approximate surface area is 124 Å². The molecule has 0 saturated carbocycles. The molecule has 0 fully saturated rings. The molecular formula is C17H18N4. The number of nitrogens with zero attached hydrogens (tertiary/aromatic N) is 2. The number of pyridine rings is 1. The average Bonchev–Trinajstić information content (AvgIpc) is 2.95. The summed E-state index contributed by atoms with van der Waals surface area (Å²) in [6.07, 6.45) is 3.69. The fourth-order valence-corrected chi connectivity index (χ4v) is 2.35. The predicted molar refractivity (Wildman–Crippen MR) is 82.7 cm³/mol. The molecule has 3 rings (SSSR count). The van der Waals surface area contributed by atoms with Gasteiger partial charge in [-0.3, -0.25) is 10.1 Å². The van der Waals surface area contributed by atoms with Gasteiger partial charge in [0, 0.05) is 24.0 Å². The number of aromatic nitrogens is 3. The van der Waals surface area contributed by atoms with Crippen LogP contribution >= 0.6 is 0 Å². The van der Waals surface area contributed by atoms with Gasteiger partial charge in [0.2, 0.25) is 0 Å². The van der Waals surface area contributed by atoms with Crippen molar-refractivity contribution >= 4 is 0 Å². The lowest BCUT2D eigenvalue weighted by molar-refractivity contribution is 0.590. The lowest BCUT2D eigenvalue weighted by Gasteiger charge is -2.18. The van der Waals surface area contributed by atoms with Crippen molar-refractivity contribution in [3.63, 3.8) is 0 Å². The summed E-state index contributed by atoms with van der Waals surface area (Å²) in [7, 11) is 0. The topological polar surface area (TPSA) is 53.6 Å². The van der Waals surface area contributed by atoms with Crippen molar-refractivity contribution in [2.24, 2.45) is 0 Å². The Morgan fingerprint density at radius 3 is 2.57 bits per heavy atom. The normalized spacial score (nSPS) is 12.2. The number of benzene rings is 1. The Morgan fingerprint density at radius 1 is 1.10 bits per heavy atom. The molecule has 1 aromatic carbocycles. The van der Waals surface area contributed by atoms with Crippen molar-refractivity contribution in [1.29, 1.82) is 0 Å². The molecule has 106 valence electrons. The molecule has 0 aliphatic carbocycles. The smallest absolute Gasteiger partial charge is 0.0754 e. The molecule has 3 aromatic rings. The van der Waals surface area contributed by atoms with Crippen LogP contribution in [0.15, 0.2) is 60.9 Å². The molecular weight excluding hydrogens is 260 g/mol. The van der Waals surface area contributed by atoms with E-state index in [1.165, 1.54) is 11.1 Å². The highest BCUT2D eigenvalue weighted by molar-refractivity contribution is 5.28. The third-order valence-electron chi connectivity index (χ3n) is 3.55. The van der Waals surface area contributed by atoms with E-state index in [-0.39, 0.29) is 6.04 Å². The van der Waals surface area contributed by atoms with Gasteiger partial charge in [-0.2, -0.15) is 5.10 Å². The second kappa shape index (κ2) is 6.33. The van der Waals surface area contributed by atoms with Crippen molar-refractivity contribution in [1.82, 2.24) is 20.5 Å². The van der Waals surface area contributed by atoms with E-state index < -0.39 is 0 Å². The van der Waals surface area contributed by atoms with Gasteiger partial charge in [-0.25, -0.2) is 0 Å². The molecule has 21 heavy (non-hydrogen) atoms. The van der Waals surface area contributed by atoms with Crippen LogP contribution in [0.3, 0.4) is 0 Å². The van der Waals surface area contributed by atoms with E-state index in [0.717, 1.165) is 17.9 Å². The van der Waals surface area contributed by atoms with E-state index in [2.05, 4.69) is 44.8 Å². The summed E-state index contributed by atoms with van der Waals surface area (Å²) in [6.45, 7) is 2.78. The van der Waals surface area contributed by atoms with E-state index in [1.54, 1.807) is 0 Å². The maximum absolute atomic E-state index is 4.49. The number of H-pyrrole nitrogens is 1. The maximum Gasteiger partial charge on any atom is 0.0754 e. The lowest BCUT2D eigenvalue weighted by Crippen LogP contribution is -2.23. The van der Waals surface area contributed by atoms with E-state index in [4.69, 9.17) is 0 Å². The molecule has 2 N–H and O–H groups in total. The van der Waals surface area contributed by atoms with Gasteiger partial charge in [0.25, 0.3) is 0 Å². The summed E-state index contributed by atoms with van der Waals surface area (Å²) in [6, 6.07) is 16.4. The first kappa shape index (κ1) is 13.5. The highest BCUT2D eigenvalue weighted by atomic mass is 15.1. The minimum Gasteiger partial charge on any atom is -0.301 e. The van der Waals surface area contributed by atoms with Gasteiger partial charge in [0.1, 0.15) is 0 Å². The molecule has 0 unspecified atom stereocenters. The number of aromatic amines is 1. The third kappa shape index (κ3) is 3.17. The summed E-state index contributed by atoms with van der Waals surface area (Å²) >= 11 is 0.